The molecule has 0 radical (unpaired) electrons. The number of nitrogens with one attached hydrogen (secondary N) is 1. The van der Waals surface area contributed by atoms with Crippen LogP contribution in [-0.4, -0.2) is 46.9 Å². The van der Waals surface area contributed by atoms with E-state index in [1.54, 1.807) is 18.7 Å². The Morgan fingerprint density at radius 1 is 1.41 bits per heavy atom. The van der Waals surface area contributed by atoms with Crippen molar-refractivity contribution in [3.05, 3.63) is 29.8 Å². The second-order valence-electron chi connectivity index (χ2n) is 6.77. The van der Waals surface area contributed by atoms with Gasteiger partial charge in [0.1, 0.15) is 12.4 Å². The van der Waals surface area contributed by atoms with E-state index in [4.69, 9.17) is 4.74 Å². The molecule has 1 fully saturated rings. The second-order valence-corrected chi connectivity index (χ2v) is 6.77. The third-order valence-electron chi connectivity index (χ3n) is 4.54. The van der Waals surface area contributed by atoms with E-state index in [0.717, 1.165) is 30.6 Å². The predicted octanol–water partition coefficient (Wildman–Crippen LogP) is 1.93. The number of hydrogen-bond acceptors (Lipinski definition) is 3. The molecule has 0 aliphatic carbocycles. The molecule has 2 amide bonds. The number of amides is 2. The van der Waals surface area contributed by atoms with E-state index >= 15 is 0 Å². The number of benzene rings is 1. The molecule has 22 heavy (non-hydrogen) atoms. The highest BCUT2D eigenvalue weighted by molar-refractivity contribution is 5.75. The van der Waals surface area contributed by atoms with E-state index in [9.17, 15) is 9.90 Å². The SMILES string of the molecule is CC(C)(O)C1CCCN1C(=O)NC1COc2ccccc2C1. The number of ether oxygens (including phenoxy) is 1. The molecule has 0 bridgehead atoms. The van der Waals surface area contributed by atoms with Crippen LogP contribution in [0, 0.1) is 0 Å². The Bertz CT molecular complexity index is 553. The summed E-state index contributed by atoms with van der Waals surface area (Å²) >= 11 is 0. The summed E-state index contributed by atoms with van der Waals surface area (Å²) in [6, 6.07) is 7.68. The molecule has 1 aromatic carbocycles. The van der Waals surface area contributed by atoms with Crippen molar-refractivity contribution in [3.8, 4) is 5.75 Å². The minimum atomic E-state index is -0.872. The maximum Gasteiger partial charge on any atom is 0.318 e. The van der Waals surface area contributed by atoms with Crippen molar-refractivity contribution >= 4 is 6.03 Å². The van der Waals surface area contributed by atoms with Crippen molar-refractivity contribution in [2.24, 2.45) is 0 Å². The lowest BCUT2D eigenvalue weighted by Gasteiger charge is -2.35. The minimum absolute atomic E-state index is 0.0227. The molecule has 0 aromatic heterocycles. The number of hydrogen-bond donors (Lipinski definition) is 2. The van der Waals surface area contributed by atoms with E-state index in [2.05, 4.69) is 5.32 Å². The van der Waals surface area contributed by atoms with Crippen LogP contribution in [0.1, 0.15) is 32.3 Å². The number of fused-ring (bicyclic) bond motifs is 1. The van der Waals surface area contributed by atoms with E-state index in [1.165, 1.54) is 0 Å². The van der Waals surface area contributed by atoms with Gasteiger partial charge in [-0.2, -0.15) is 0 Å². The molecule has 1 saturated heterocycles. The number of aliphatic hydroxyl groups is 1. The minimum Gasteiger partial charge on any atom is -0.491 e. The summed E-state index contributed by atoms with van der Waals surface area (Å²) in [5.74, 6) is 0.906. The molecule has 0 spiro atoms. The van der Waals surface area contributed by atoms with Gasteiger partial charge < -0.3 is 20.1 Å². The number of carbonyl (C=O) groups excluding carboxylic acids is 1. The van der Waals surface area contributed by atoms with Crippen LogP contribution >= 0.6 is 0 Å². The number of rotatable bonds is 2. The highest BCUT2D eigenvalue weighted by Gasteiger charge is 2.39. The molecule has 2 aliphatic rings. The van der Waals surface area contributed by atoms with Crippen molar-refractivity contribution in [2.75, 3.05) is 13.2 Å². The Labute approximate surface area is 131 Å². The summed E-state index contributed by atoms with van der Waals surface area (Å²) in [6.45, 7) is 4.72. The molecule has 2 N–H and O–H groups in total. The van der Waals surface area contributed by atoms with Gasteiger partial charge in [-0.15, -0.1) is 0 Å². The van der Waals surface area contributed by atoms with E-state index in [0.29, 0.717) is 13.2 Å². The number of urea groups is 1. The molecule has 5 heteroatoms. The lowest BCUT2D eigenvalue weighted by atomic mass is 9.97. The topological polar surface area (TPSA) is 61.8 Å². The highest BCUT2D eigenvalue weighted by atomic mass is 16.5. The molecular weight excluding hydrogens is 280 g/mol. The van der Waals surface area contributed by atoms with Gasteiger partial charge in [0.05, 0.1) is 17.7 Å². The van der Waals surface area contributed by atoms with Crippen LogP contribution in [0.5, 0.6) is 5.75 Å². The smallest absolute Gasteiger partial charge is 0.318 e. The molecule has 2 unspecified atom stereocenters. The fourth-order valence-corrected chi connectivity index (χ4v) is 3.42. The predicted molar refractivity (Wildman–Crippen MR) is 84.0 cm³/mol. The molecule has 5 nitrogen and oxygen atoms in total. The fraction of sp³-hybridized carbons (Fsp3) is 0.588. The third kappa shape index (κ3) is 3.04. The molecular formula is C17H24N2O3. The van der Waals surface area contributed by atoms with E-state index in [1.807, 2.05) is 24.3 Å². The first-order valence-corrected chi connectivity index (χ1v) is 7.95. The summed E-state index contributed by atoms with van der Waals surface area (Å²) < 4.78 is 5.71. The lowest BCUT2D eigenvalue weighted by Crippen LogP contribution is -2.54. The number of nitrogens with zero attached hydrogens (tertiary/aromatic N) is 1. The van der Waals surface area contributed by atoms with E-state index in [-0.39, 0.29) is 18.1 Å². The van der Waals surface area contributed by atoms with Crippen LogP contribution in [0.25, 0.3) is 0 Å². The van der Waals surface area contributed by atoms with Crippen LogP contribution in [-0.2, 0) is 6.42 Å². The maximum absolute atomic E-state index is 12.5. The van der Waals surface area contributed by atoms with Gasteiger partial charge in [0.2, 0.25) is 0 Å². The average molecular weight is 304 g/mol. The van der Waals surface area contributed by atoms with Gasteiger partial charge in [0.25, 0.3) is 0 Å². The number of carbonyl (C=O) groups is 1. The Balaban J connectivity index is 1.63. The molecule has 1 aromatic rings. The standard InChI is InChI=1S/C17H24N2O3/c1-17(2,21)15-8-5-9-19(15)16(20)18-13-10-12-6-3-4-7-14(12)22-11-13/h3-4,6-7,13,15,21H,5,8-11H2,1-2H3,(H,18,20). The number of para-hydroxylation sites is 1. The summed E-state index contributed by atoms with van der Waals surface area (Å²) in [6.07, 6.45) is 2.57. The third-order valence-corrected chi connectivity index (χ3v) is 4.54. The Morgan fingerprint density at radius 2 is 2.18 bits per heavy atom. The molecule has 0 saturated carbocycles. The Hall–Kier alpha value is -1.75. The highest BCUT2D eigenvalue weighted by Crippen LogP contribution is 2.27. The van der Waals surface area contributed by atoms with Gasteiger partial charge in [-0.3, -0.25) is 0 Å². The molecule has 2 heterocycles. The van der Waals surface area contributed by atoms with Crippen LogP contribution in [0.4, 0.5) is 4.79 Å². The number of likely N-dealkylation sites (tertiary alicyclic amines) is 1. The van der Waals surface area contributed by atoms with Gasteiger partial charge >= 0.3 is 6.03 Å². The van der Waals surface area contributed by atoms with Gasteiger partial charge in [0, 0.05) is 6.54 Å². The first-order valence-electron chi connectivity index (χ1n) is 7.95. The van der Waals surface area contributed by atoms with Crippen LogP contribution < -0.4 is 10.1 Å². The normalized spacial score (nSPS) is 24.6. The summed E-state index contributed by atoms with van der Waals surface area (Å²) in [7, 11) is 0. The van der Waals surface area contributed by atoms with Gasteiger partial charge in [-0.1, -0.05) is 18.2 Å². The molecule has 3 rings (SSSR count). The van der Waals surface area contributed by atoms with Crippen LogP contribution in [0.2, 0.25) is 0 Å². The first kappa shape index (κ1) is 15.2. The fourth-order valence-electron chi connectivity index (χ4n) is 3.42. The first-order chi connectivity index (χ1) is 10.4. The Morgan fingerprint density at radius 3 is 2.95 bits per heavy atom. The lowest BCUT2D eigenvalue weighted by molar-refractivity contribution is 0.00917. The summed E-state index contributed by atoms with van der Waals surface area (Å²) in [4.78, 5) is 14.3. The Kier molecular flexibility index (Phi) is 4.00. The zero-order chi connectivity index (χ0) is 15.7. The van der Waals surface area contributed by atoms with E-state index < -0.39 is 5.60 Å². The maximum atomic E-state index is 12.5. The van der Waals surface area contributed by atoms with Crippen molar-refractivity contribution in [3.63, 3.8) is 0 Å². The van der Waals surface area contributed by atoms with Gasteiger partial charge in [-0.25, -0.2) is 4.79 Å². The summed E-state index contributed by atoms with van der Waals surface area (Å²) in [5.41, 5.74) is 0.253. The van der Waals surface area contributed by atoms with Gasteiger partial charge in [-0.05, 0) is 44.7 Å². The molecule has 2 atom stereocenters. The van der Waals surface area contributed by atoms with Crippen molar-refractivity contribution in [2.45, 2.75) is 50.8 Å². The van der Waals surface area contributed by atoms with Crippen LogP contribution in [0.3, 0.4) is 0 Å². The van der Waals surface area contributed by atoms with Crippen molar-refractivity contribution < 1.29 is 14.6 Å². The molecule has 120 valence electrons. The monoisotopic (exact) mass is 304 g/mol. The van der Waals surface area contributed by atoms with Crippen molar-refractivity contribution in [1.82, 2.24) is 10.2 Å². The largest absolute Gasteiger partial charge is 0.491 e. The summed E-state index contributed by atoms with van der Waals surface area (Å²) in [5, 5.41) is 13.3. The zero-order valence-corrected chi connectivity index (χ0v) is 13.2. The van der Waals surface area contributed by atoms with Crippen LogP contribution in [0.15, 0.2) is 24.3 Å². The quantitative estimate of drug-likeness (QED) is 0.877. The molecule has 2 aliphatic heterocycles. The van der Waals surface area contributed by atoms with Crippen molar-refractivity contribution in [1.29, 1.82) is 0 Å². The van der Waals surface area contributed by atoms with Gasteiger partial charge in [0.15, 0.2) is 0 Å². The second kappa shape index (κ2) is 5.80. The average Bonchev–Trinajstić information content (AvgIpc) is 2.97. The zero-order valence-electron chi connectivity index (χ0n) is 13.2.